The van der Waals surface area contributed by atoms with Gasteiger partial charge in [-0.3, -0.25) is 10.1 Å². The first-order valence-corrected chi connectivity index (χ1v) is 4.84. The number of nitrogens with zero attached hydrogens (tertiary/aromatic N) is 1. The summed E-state index contributed by atoms with van der Waals surface area (Å²) in [4.78, 5) is 33.1. The fourth-order valence-corrected chi connectivity index (χ4v) is 1.56. The summed E-state index contributed by atoms with van der Waals surface area (Å²) in [6, 6.07) is 5.12. The second kappa shape index (κ2) is 4.28. The number of methoxy groups -OCH3 is 1. The molecule has 0 aliphatic carbocycles. The van der Waals surface area contributed by atoms with Gasteiger partial charge in [0.25, 0.3) is 5.69 Å². The van der Waals surface area contributed by atoms with E-state index in [-0.39, 0.29) is 22.2 Å². The third kappa shape index (κ3) is 1.81. The first-order chi connectivity index (χ1) is 8.54. The Labute approximate surface area is 99.7 Å². The summed E-state index contributed by atoms with van der Waals surface area (Å²) in [6.45, 7) is 0. The quantitative estimate of drug-likeness (QED) is 0.454. The lowest BCUT2D eigenvalue weighted by Gasteiger charge is -2.01. The van der Waals surface area contributed by atoms with E-state index < -0.39 is 16.5 Å². The number of nitro groups is 1. The van der Waals surface area contributed by atoms with Crippen LogP contribution in [0.2, 0.25) is 0 Å². The minimum absolute atomic E-state index is 0.0388. The largest absolute Gasteiger partial charge is 0.463 e. The van der Waals surface area contributed by atoms with Gasteiger partial charge >= 0.3 is 11.6 Å². The van der Waals surface area contributed by atoms with Crippen molar-refractivity contribution in [1.29, 1.82) is 0 Å². The Bertz CT molecular complexity index is 702. The van der Waals surface area contributed by atoms with Crippen LogP contribution < -0.4 is 5.63 Å². The third-order valence-electron chi connectivity index (χ3n) is 2.36. The van der Waals surface area contributed by atoms with E-state index in [4.69, 9.17) is 4.42 Å². The van der Waals surface area contributed by atoms with E-state index >= 15 is 0 Å². The summed E-state index contributed by atoms with van der Waals surface area (Å²) in [6.07, 6.45) is 0. The number of ether oxygens (including phenoxy) is 1. The summed E-state index contributed by atoms with van der Waals surface area (Å²) in [7, 11) is 1.12. The van der Waals surface area contributed by atoms with E-state index in [2.05, 4.69) is 4.74 Å². The van der Waals surface area contributed by atoms with Crippen molar-refractivity contribution < 1.29 is 18.9 Å². The molecule has 2 rings (SSSR count). The second-order valence-corrected chi connectivity index (χ2v) is 3.39. The van der Waals surface area contributed by atoms with Crippen molar-refractivity contribution in [3.05, 3.63) is 50.6 Å². The molecule has 0 unspecified atom stereocenters. The summed E-state index contributed by atoms with van der Waals surface area (Å²) in [5.74, 6) is -1.24. The molecule has 7 nitrogen and oxygen atoms in total. The van der Waals surface area contributed by atoms with Crippen LogP contribution in [0.1, 0.15) is 10.6 Å². The van der Waals surface area contributed by atoms with Gasteiger partial charge in [0.05, 0.1) is 22.8 Å². The van der Waals surface area contributed by atoms with E-state index in [9.17, 15) is 19.7 Å². The van der Waals surface area contributed by atoms with Crippen LogP contribution in [0.4, 0.5) is 5.69 Å². The predicted molar refractivity (Wildman–Crippen MR) is 60.5 cm³/mol. The average molecular weight is 249 g/mol. The Morgan fingerprint density at radius 1 is 1.39 bits per heavy atom. The molecule has 0 amide bonds. The first kappa shape index (κ1) is 11.8. The lowest BCUT2D eigenvalue weighted by Crippen LogP contribution is -2.09. The number of fused-ring (bicyclic) bond motifs is 1. The van der Waals surface area contributed by atoms with E-state index in [1.54, 1.807) is 0 Å². The molecule has 1 aromatic heterocycles. The van der Waals surface area contributed by atoms with Gasteiger partial charge in [-0.1, -0.05) is 6.07 Å². The first-order valence-electron chi connectivity index (χ1n) is 4.84. The van der Waals surface area contributed by atoms with Crippen molar-refractivity contribution in [3.8, 4) is 0 Å². The van der Waals surface area contributed by atoms with Crippen molar-refractivity contribution in [2.45, 2.75) is 0 Å². The van der Waals surface area contributed by atoms with Crippen LogP contribution in [0.25, 0.3) is 10.8 Å². The van der Waals surface area contributed by atoms with Crippen LogP contribution in [-0.2, 0) is 4.74 Å². The Balaban J connectivity index is 2.84. The van der Waals surface area contributed by atoms with Crippen LogP contribution in [0.15, 0.2) is 33.5 Å². The van der Waals surface area contributed by atoms with Crippen molar-refractivity contribution in [1.82, 2.24) is 0 Å². The van der Waals surface area contributed by atoms with Gasteiger partial charge in [-0.15, -0.1) is 0 Å². The molecule has 0 bridgehead atoms. The molecule has 1 heterocycles. The fraction of sp³-hybridized carbons (Fsp3) is 0.0909. The topological polar surface area (TPSA) is 99.6 Å². The van der Waals surface area contributed by atoms with Crippen molar-refractivity contribution in [2.75, 3.05) is 7.11 Å². The van der Waals surface area contributed by atoms with Gasteiger partial charge in [-0.2, -0.15) is 0 Å². The Morgan fingerprint density at radius 3 is 2.72 bits per heavy atom. The van der Waals surface area contributed by atoms with Gasteiger partial charge in [-0.25, -0.2) is 9.59 Å². The zero-order chi connectivity index (χ0) is 13.3. The van der Waals surface area contributed by atoms with Gasteiger partial charge in [0.1, 0.15) is 0 Å². The Hall–Kier alpha value is -2.70. The van der Waals surface area contributed by atoms with E-state index in [1.165, 1.54) is 18.2 Å². The average Bonchev–Trinajstić information content (AvgIpc) is 2.36. The monoisotopic (exact) mass is 249 g/mol. The molecule has 0 aliphatic heterocycles. The van der Waals surface area contributed by atoms with Crippen LogP contribution in [0.3, 0.4) is 0 Å². The molecule has 0 saturated carbocycles. The molecular formula is C11H7NO6. The number of rotatable bonds is 2. The highest BCUT2D eigenvalue weighted by atomic mass is 16.6. The fourth-order valence-electron chi connectivity index (χ4n) is 1.56. The summed E-state index contributed by atoms with van der Waals surface area (Å²) in [5, 5.41) is 10.9. The highest BCUT2D eigenvalue weighted by Crippen LogP contribution is 2.24. The summed E-state index contributed by atoms with van der Waals surface area (Å²) in [5.41, 5.74) is -1.10. The maximum atomic E-state index is 11.6. The zero-order valence-electron chi connectivity index (χ0n) is 9.21. The minimum Gasteiger partial charge on any atom is -0.463 e. The van der Waals surface area contributed by atoms with Gasteiger partial charge in [0.15, 0.2) is 0 Å². The minimum atomic E-state index is -0.868. The van der Waals surface area contributed by atoms with Crippen LogP contribution in [0.5, 0.6) is 0 Å². The van der Waals surface area contributed by atoms with Gasteiger partial charge in [0.2, 0.25) is 5.76 Å². The summed E-state index contributed by atoms with van der Waals surface area (Å²) >= 11 is 0. The molecular weight excluding hydrogens is 242 g/mol. The Kier molecular flexibility index (Phi) is 2.80. The zero-order valence-corrected chi connectivity index (χ0v) is 9.21. The standard InChI is InChI=1S/C11H7NO6/c1-17-11(14)9-5-7-6(10(13)18-9)3-2-4-8(7)12(15)16/h2-5H,1H3. The molecule has 18 heavy (non-hydrogen) atoms. The molecule has 0 spiro atoms. The van der Waals surface area contributed by atoms with Crippen LogP contribution >= 0.6 is 0 Å². The number of hydrogen-bond acceptors (Lipinski definition) is 6. The van der Waals surface area contributed by atoms with Gasteiger partial charge < -0.3 is 9.15 Å². The van der Waals surface area contributed by atoms with Gasteiger partial charge in [0, 0.05) is 12.1 Å². The summed E-state index contributed by atoms with van der Waals surface area (Å²) < 4.78 is 9.12. The predicted octanol–water partition coefficient (Wildman–Crippen LogP) is 1.49. The van der Waals surface area contributed by atoms with Crippen LogP contribution in [-0.4, -0.2) is 18.0 Å². The lowest BCUT2D eigenvalue weighted by molar-refractivity contribution is -0.383. The van der Waals surface area contributed by atoms with Crippen molar-refractivity contribution in [2.24, 2.45) is 0 Å². The van der Waals surface area contributed by atoms with Crippen LogP contribution in [0, 0.1) is 10.1 Å². The normalized spacial score (nSPS) is 10.3. The van der Waals surface area contributed by atoms with E-state index in [0.717, 1.165) is 13.2 Å². The molecule has 7 heteroatoms. The number of hydrogen-bond donors (Lipinski definition) is 0. The lowest BCUT2D eigenvalue weighted by atomic mass is 10.1. The molecule has 2 aromatic rings. The number of non-ortho nitro benzene ring substituents is 1. The molecule has 0 saturated heterocycles. The number of carbonyl (C=O) groups excluding carboxylic acids is 1. The van der Waals surface area contributed by atoms with E-state index in [1.807, 2.05) is 0 Å². The maximum absolute atomic E-state index is 11.6. The number of benzene rings is 1. The molecule has 1 aromatic carbocycles. The molecule has 0 fully saturated rings. The molecule has 92 valence electrons. The maximum Gasteiger partial charge on any atom is 0.374 e. The second-order valence-electron chi connectivity index (χ2n) is 3.39. The highest BCUT2D eigenvalue weighted by molar-refractivity contribution is 5.95. The van der Waals surface area contributed by atoms with Crippen molar-refractivity contribution in [3.63, 3.8) is 0 Å². The SMILES string of the molecule is COC(=O)c1cc2c([N+](=O)[O-])cccc2c(=O)o1. The van der Waals surface area contributed by atoms with Gasteiger partial charge in [-0.05, 0) is 6.07 Å². The van der Waals surface area contributed by atoms with E-state index in [0.29, 0.717) is 0 Å². The molecule has 0 aliphatic rings. The number of carbonyl (C=O) groups is 1. The Morgan fingerprint density at radius 2 is 2.11 bits per heavy atom. The number of esters is 1. The smallest absolute Gasteiger partial charge is 0.374 e. The number of nitro benzene ring substituents is 1. The molecule has 0 radical (unpaired) electrons. The third-order valence-corrected chi connectivity index (χ3v) is 2.36. The molecule has 0 atom stereocenters. The van der Waals surface area contributed by atoms with Crippen molar-refractivity contribution >= 4 is 22.4 Å². The highest BCUT2D eigenvalue weighted by Gasteiger charge is 2.18. The molecule has 0 N–H and O–H groups in total.